The molecule has 0 amide bonds. The molecule has 0 N–H and O–H groups in total. The Morgan fingerprint density at radius 3 is 1.98 bits per heavy atom. The van der Waals surface area contributed by atoms with Crippen LogP contribution in [0.2, 0.25) is 0 Å². The quantitative estimate of drug-likeness (QED) is 0.130. The predicted octanol–water partition coefficient (Wildman–Crippen LogP) is 11.8. The molecule has 0 aliphatic carbocycles. The average Bonchev–Trinajstić information content (AvgIpc) is 3.70. The third kappa shape index (κ3) is 5.02. The van der Waals surface area contributed by atoms with Crippen molar-refractivity contribution < 1.29 is 4.42 Å². The molecule has 8 rings (SSSR count). The van der Waals surface area contributed by atoms with E-state index in [2.05, 4.69) is 70.1 Å². The number of hydrogen-bond acceptors (Lipinski definition) is 4. The summed E-state index contributed by atoms with van der Waals surface area (Å²) >= 11 is 0. The van der Waals surface area contributed by atoms with Crippen LogP contribution in [0.25, 0.3) is 60.6 Å². The van der Waals surface area contributed by atoms with Crippen molar-refractivity contribution in [2.75, 3.05) is 4.90 Å². The molecule has 2 heterocycles. The third-order valence-electron chi connectivity index (χ3n) is 9.10. The first-order chi connectivity index (χ1) is 24.2. The fourth-order valence-electron chi connectivity index (χ4n) is 6.93. The monoisotopic (exact) mass is 630 g/mol. The zero-order valence-electron chi connectivity index (χ0n) is 26.8. The molecule has 8 aromatic rings. The highest BCUT2D eigenvalue weighted by atomic mass is 16.3. The van der Waals surface area contributed by atoms with Gasteiger partial charge >= 0.3 is 0 Å². The average molecular weight is 631 g/mol. The number of benzene rings is 6. The van der Waals surface area contributed by atoms with Crippen LogP contribution < -0.4 is 4.90 Å². The topological polar surface area (TPSA) is 68.9 Å². The molecular formula is C44H30N4O. The molecule has 0 unspecified atom stereocenters. The van der Waals surface area contributed by atoms with E-state index in [1.807, 2.05) is 110 Å². The molecule has 0 spiro atoms. The van der Waals surface area contributed by atoms with Crippen molar-refractivity contribution in [2.24, 2.45) is 0 Å². The van der Waals surface area contributed by atoms with Crippen LogP contribution in [0.1, 0.15) is 13.3 Å². The van der Waals surface area contributed by atoms with E-state index in [0.717, 1.165) is 71.9 Å². The lowest BCUT2D eigenvalue weighted by atomic mass is 10.0. The van der Waals surface area contributed by atoms with Gasteiger partial charge in [-0.25, -0.2) is 0 Å². The van der Waals surface area contributed by atoms with Gasteiger partial charge in [0, 0.05) is 33.2 Å². The first-order valence-electron chi connectivity index (χ1n) is 16.2. The summed E-state index contributed by atoms with van der Waals surface area (Å²) in [6, 6.07) is 54.0. The number of anilines is 2. The Balaban J connectivity index is 1.46. The second-order valence-electron chi connectivity index (χ2n) is 11.9. The van der Waals surface area contributed by atoms with Crippen LogP contribution in [-0.4, -0.2) is 4.57 Å². The molecule has 0 atom stereocenters. The molecule has 5 heteroatoms. The normalized spacial score (nSPS) is 12.3. The molecule has 6 aromatic carbocycles. The van der Waals surface area contributed by atoms with Crippen LogP contribution in [-0.2, 0) is 0 Å². The highest BCUT2D eigenvalue weighted by Crippen LogP contribution is 2.43. The van der Waals surface area contributed by atoms with Crippen molar-refractivity contribution in [3.05, 3.63) is 163 Å². The van der Waals surface area contributed by atoms with Crippen molar-refractivity contribution in [2.45, 2.75) is 13.3 Å². The molecule has 2 aromatic heterocycles. The number of allylic oxidation sites excluding steroid dienone is 4. The van der Waals surface area contributed by atoms with Crippen LogP contribution in [0, 0.1) is 22.7 Å². The summed E-state index contributed by atoms with van der Waals surface area (Å²) < 4.78 is 8.74. The third-order valence-corrected chi connectivity index (χ3v) is 9.10. The zero-order valence-corrected chi connectivity index (χ0v) is 26.8. The summed E-state index contributed by atoms with van der Waals surface area (Å²) in [5.74, 6) is 0. The Morgan fingerprint density at radius 2 is 1.31 bits per heavy atom. The van der Waals surface area contributed by atoms with Crippen molar-refractivity contribution >= 4 is 60.8 Å². The number of hydrogen-bond donors (Lipinski definition) is 0. The number of rotatable bonds is 7. The molecule has 0 saturated carbocycles. The lowest BCUT2D eigenvalue weighted by Crippen LogP contribution is -2.17. The Bertz CT molecular complexity index is 2610. The summed E-state index contributed by atoms with van der Waals surface area (Å²) in [5, 5.41) is 24.9. The minimum absolute atomic E-state index is 0.126. The van der Waals surface area contributed by atoms with Crippen LogP contribution in [0.4, 0.5) is 11.4 Å². The molecule has 0 aliphatic heterocycles. The Morgan fingerprint density at radius 1 is 0.673 bits per heavy atom. The molecule has 5 nitrogen and oxygen atoms in total. The van der Waals surface area contributed by atoms with Crippen LogP contribution in [0.15, 0.2) is 167 Å². The fraction of sp³-hybridized carbons (Fsp3) is 0.0455. The van der Waals surface area contributed by atoms with E-state index in [9.17, 15) is 10.5 Å². The highest BCUT2D eigenvalue weighted by Gasteiger charge is 2.24. The number of furan rings is 1. The van der Waals surface area contributed by atoms with Gasteiger partial charge in [-0.05, 0) is 78.7 Å². The van der Waals surface area contributed by atoms with Gasteiger partial charge in [0.2, 0.25) is 0 Å². The van der Waals surface area contributed by atoms with E-state index >= 15 is 0 Å². The van der Waals surface area contributed by atoms with Gasteiger partial charge in [0.05, 0.1) is 40.2 Å². The lowest BCUT2D eigenvalue weighted by Gasteiger charge is -2.28. The van der Waals surface area contributed by atoms with E-state index in [1.165, 1.54) is 0 Å². The van der Waals surface area contributed by atoms with Crippen molar-refractivity contribution in [1.82, 2.24) is 4.57 Å². The molecule has 0 fully saturated rings. The maximum absolute atomic E-state index is 11.0. The SMILES string of the molecule is C/C(=C(C#N)\C(=C/CC#N)n1c2ccc(-c3ccccc3)cc2c2c3oc4ccccc4c3ccc21)N(c1ccccc1)c1ccccc1. The molecule has 232 valence electrons. The first-order valence-corrected chi connectivity index (χ1v) is 16.2. The van der Waals surface area contributed by atoms with Gasteiger partial charge in [-0.3, -0.25) is 0 Å². The second kappa shape index (κ2) is 12.4. The fourth-order valence-corrected chi connectivity index (χ4v) is 6.93. The van der Waals surface area contributed by atoms with Gasteiger partial charge in [0.1, 0.15) is 17.2 Å². The summed E-state index contributed by atoms with van der Waals surface area (Å²) in [6.45, 7) is 1.97. The van der Waals surface area contributed by atoms with Gasteiger partial charge in [0.15, 0.2) is 0 Å². The number of nitriles is 2. The second-order valence-corrected chi connectivity index (χ2v) is 11.9. The minimum atomic E-state index is 0.126. The van der Waals surface area contributed by atoms with E-state index in [0.29, 0.717) is 11.3 Å². The summed E-state index contributed by atoms with van der Waals surface area (Å²) in [5.41, 5.74) is 9.30. The van der Waals surface area contributed by atoms with E-state index in [4.69, 9.17) is 4.42 Å². The zero-order chi connectivity index (χ0) is 33.3. The summed E-state index contributed by atoms with van der Waals surface area (Å²) in [6.07, 6.45) is 1.99. The molecule has 0 radical (unpaired) electrons. The number of aromatic nitrogens is 1. The number of fused-ring (bicyclic) bond motifs is 7. The smallest absolute Gasteiger partial charge is 0.145 e. The van der Waals surface area contributed by atoms with Crippen molar-refractivity contribution in [1.29, 1.82) is 10.5 Å². The maximum Gasteiger partial charge on any atom is 0.145 e. The van der Waals surface area contributed by atoms with E-state index in [-0.39, 0.29) is 6.42 Å². The van der Waals surface area contributed by atoms with Gasteiger partial charge in [0.25, 0.3) is 0 Å². The standard InChI is InChI=1S/C44H30N4O/c1-30(47(33-16-7-3-8-17-33)34-18-9-4-10-19-34)38(29-46)39(21-13-27-45)48-40-25-23-32(31-14-5-2-6-15-31)28-37(40)43-41(48)26-24-36-35-20-11-12-22-42(35)49-44(36)43/h2-12,14-26,28H,13H2,1H3/b38-30+,39-21+. The summed E-state index contributed by atoms with van der Waals surface area (Å²) in [4.78, 5) is 2.09. The molecule has 0 bridgehead atoms. The number of nitrogens with zero attached hydrogens (tertiary/aromatic N) is 4. The Kier molecular flexibility index (Phi) is 7.49. The molecule has 49 heavy (non-hydrogen) atoms. The van der Waals surface area contributed by atoms with Gasteiger partial charge in [-0.1, -0.05) is 91.0 Å². The lowest BCUT2D eigenvalue weighted by molar-refractivity contribution is 0.673. The minimum Gasteiger partial charge on any atom is -0.455 e. The van der Waals surface area contributed by atoms with Crippen molar-refractivity contribution in [3.8, 4) is 23.3 Å². The number of para-hydroxylation sites is 3. The molecule has 0 aliphatic rings. The van der Waals surface area contributed by atoms with Gasteiger partial charge < -0.3 is 13.9 Å². The first kappa shape index (κ1) is 29.6. The Hall–Kier alpha value is -6.82. The van der Waals surface area contributed by atoms with E-state index < -0.39 is 0 Å². The highest BCUT2D eigenvalue weighted by molar-refractivity contribution is 6.24. The molecule has 0 saturated heterocycles. The van der Waals surface area contributed by atoms with Gasteiger partial charge in [-0.2, -0.15) is 10.5 Å². The van der Waals surface area contributed by atoms with Crippen LogP contribution >= 0.6 is 0 Å². The van der Waals surface area contributed by atoms with Crippen molar-refractivity contribution in [3.63, 3.8) is 0 Å². The maximum atomic E-state index is 11.0. The predicted molar refractivity (Wildman–Crippen MR) is 200 cm³/mol. The van der Waals surface area contributed by atoms with Crippen LogP contribution in [0.3, 0.4) is 0 Å². The molecular weight excluding hydrogens is 601 g/mol. The Labute approximate surface area is 284 Å². The largest absolute Gasteiger partial charge is 0.455 e. The van der Waals surface area contributed by atoms with Gasteiger partial charge in [-0.15, -0.1) is 0 Å². The summed E-state index contributed by atoms with van der Waals surface area (Å²) in [7, 11) is 0. The van der Waals surface area contributed by atoms with Crippen LogP contribution in [0.5, 0.6) is 0 Å². The van der Waals surface area contributed by atoms with E-state index in [1.54, 1.807) is 0 Å².